The Morgan fingerprint density at radius 2 is 1.89 bits per heavy atom. The highest BCUT2D eigenvalue weighted by molar-refractivity contribution is 6.30. The van der Waals surface area contributed by atoms with Gasteiger partial charge in [0.25, 0.3) is 5.89 Å². The molecule has 0 amide bonds. The van der Waals surface area contributed by atoms with Crippen molar-refractivity contribution < 1.29 is 9.15 Å². The average Bonchev–Trinajstić information content (AvgIpc) is 3.52. The van der Waals surface area contributed by atoms with Crippen molar-refractivity contribution in [3.8, 4) is 23.0 Å². The van der Waals surface area contributed by atoms with E-state index in [2.05, 4.69) is 21.7 Å². The van der Waals surface area contributed by atoms with Crippen LogP contribution in [0.2, 0.25) is 5.02 Å². The summed E-state index contributed by atoms with van der Waals surface area (Å²) in [6, 6.07) is 7.58. The number of nitrogens with zero attached hydrogens (tertiary/aromatic N) is 5. The summed E-state index contributed by atoms with van der Waals surface area (Å²) >= 11 is 6.39. The van der Waals surface area contributed by atoms with Gasteiger partial charge in [-0.3, -0.25) is 0 Å². The van der Waals surface area contributed by atoms with E-state index in [1.54, 1.807) is 0 Å². The first-order valence-corrected chi connectivity index (χ1v) is 14.1. The highest BCUT2D eigenvalue weighted by Crippen LogP contribution is 2.35. The van der Waals surface area contributed by atoms with Gasteiger partial charge in [0.1, 0.15) is 23.6 Å². The van der Waals surface area contributed by atoms with Crippen LogP contribution in [-0.2, 0) is 17.9 Å². The number of ether oxygens (including phenoxy) is 1. The van der Waals surface area contributed by atoms with E-state index in [9.17, 15) is 4.79 Å². The first kappa shape index (κ1) is 25.2. The average molecular weight is 537 g/mol. The zero-order valence-corrected chi connectivity index (χ0v) is 22.4. The number of imidazole rings is 1. The van der Waals surface area contributed by atoms with Crippen LogP contribution in [0, 0.1) is 11.8 Å². The van der Waals surface area contributed by atoms with Gasteiger partial charge in [-0.25, -0.2) is 24.8 Å². The summed E-state index contributed by atoms with van der Waals surface area (Å²) in [6.45, 7) is 3.60. The zero-order valence-electron chi connectivity index (χ0n) is 21.7. The Morgan fingerprint density at radius 3 is 2.63 bits per heavy atom. The van der Waals surface area contributed by atoms with Crippen molar-refractivity contribution >= 4 is 22.8 Å². The van der Waals surface area contributed by atoms with E-state index in [-0.39, 0.29) is 17.8 Å². The number of nitrogens with one attached hydrogen (secondary N) is 1. The van der Waals surface area contributed by atoms with Gasteiger partial charge in [0, 0.05) is 17.1 Å². The number of benzene rings is 1. The van der Waals surface area contributed by atoms with Gasteiger partial charge < -0.3 is 13.7 Å². The molecule has 6 rings (SSSR count). The van der Waals surface area contributed by atoms with Crippen LogP contribution in [0.25, 0.3) is 34.1 Å². The minimum absolute atomic E-state index is 0.0241. The molecule has 3 aromatic heterocycles. The number of halogens is 1. The highest BCUT2D eigenvalue weighted by atomic mass is 35.5. The summed E-state index contributed by atoms with van der Waals surface area (Å²) in [6.07, 6.45) is 11.0. The number of hydrogen-bond acceptors (Lipinski definition) is 7. The van der Waals surface area contributed by atoms with E-state index >= 15 is 0 Å². The Bertz CT molecular complexity index is 1460. The van der Waals surface area contributed by atoms with Gasteiger partial charge in [-0.2, -0.15) is 0 Å². The molecular weight excluding hydrogens is 504 g/mol. The standard InChI is InChI=1S/C28H33ClN6O3/c1-17-10-12-18(13-11-17)15-35-22(16-37-21-8-3-2-4-9-21)30-25-24(35)23(19-6-5-7-20(29)14-19)31-26(32-25)27-33-34-28(36)38-27/h5-7,14,17-18,21H,2-4,8-13,15-16H2,1H3,(H,34,36). The molecule has 0 atom stereocenters. The fourth-order valence-electron chi connectivity index (χ4n) is 5.84. The molecule has 2 aliphatic carbocycles. The van der Waals surface area contributed by atoms with Gasteiger partial charge >= 0.3 is 5.76 Å². The number of aromatic nitrogens is 6. The molecule has 2 aliphatic rings. The van der Waals surface area contributed by atoms with E-state index in [0.717, 1.165) is 42.2 Å². The molecule has 2 saturated carbocycles. The molecule has 1 aromatic carbocycles. The summed E-state index contributed by atoms with van der Waals surface area (Å²) in [5.41, 5.74) is 2.89. The number of aromatic amines is 1. The molecule has 0 spiro atoms. The van der Waals surface area contributed by atoms with Crippen LogP contribution in [0.15, 0.2) is 33.5 Å². The van der Waals surface area contributed by atoms with E-state index in [1.165, 1.54) is 44.9 Å². The molecule has 9 nitrogen and oxygen atoms in total. The lowest BCUT2D eigenvalue weighted by molar-refractivity contribution is 0.0120. The summed E-state index contributed by atoms with van der Waals surface area (Å²) in [4.78, 5) is 26.2. The van der Waals surface area contributed by atoms with E-state index < -0.39 is 5.76 Å². The lowest BCUT2D eigenvalue weighted by Gasteiger charge is -2.27. The van der Waals surface area contributed by atoms with Crippen molar-refractivity contribution in [3.63, 3.8) is 0 Å². The van der Waals surface area contributed by atoms with Crippen molar-refractivity contribution in [2.24, 2.45) is 11.8 Å². The second-order valence-electron chi connectivity index (χ2n) is 10.8. The highest BCUT2D eigenvalue weighted by Gasteiger charge is 2.26. The zero-order chi connectivity index (χ0) is 26.1. The Hall–Kier alpha value is -3.04. The molecule has 0 aliphatic heterocycles. The third kappa shape index (κ3) is 5.40. The van der Waals surface area contributed by atoms with Crippen LogP contribution in [0.1, 0.15) is 70.5 Å². The lowest BCUT2D eigenvalue weighted by atomic mass is 9.83. The van der Waals surface area contributed by atoms with Gasteiger partial charge in [0.05, 0.1) is 6.10 Å². The number of fused-ring (bicyclic) bond motifs is 1. The summed E-state index contributed by atoms with van der Waals surface area (Å²) in [7, 11) is 0. The quantitative estimate of drug-likeness (QED) is 0.301. The van der Waals surface area contributed by atoms with Gasteiger partial charge in [-0.15, -0.1) is 5.10 Å². The lowest BCUT2D eigenvalue weighted by Crippen LogP contribution is -2.21. The molecule has 38 heavy (non-hydrogen) atoms. The smallest absolute Gasteiger partial charge is 0.384 e. The first-order chi connectivity index (χ1) is 18.5. The number of H-pyrrole nitrogens is 1. The third-order valence-corrected chi connectivity index (χ3v) is 8.22. The van der Waals surface area contributed by atoms with Crippen LogP contribution in [0.3, 0.4) is 0 Å². The molecule has 2 fully saturated rings. The second kappa shape index (κ2) is 11.0. The molecule has 0 saturated heterocycles. The largest absolute Gasteiger partial charge is 0.434 e. The molecule has 4 aromatic rings. The van der Waals surface area contributed by atoms with Crippen LogP contribution in [0.5, 0.6) is 0 Å². The Labute approximate surface area is 226 Å². The van der Waals surface area contributed by atoms with Crippen molar-refractivity contribution in [2.45, 2.75) is 84.0 Å². The topological polar surface area (TPSA) is 112 Å². The van der Waals surface area contributed by atoms with E-state index in [1.807, 2.05) is 24.3 Å². The molecule has 0 bridgehead atoms. The van der Waals surface area contributed by atoms with E-state index in [4.69, 9.17) is 35.7 Å². The predicted molar refractivity (Wildman–Crippen MR) is 145 cm³/mol. The summed E-state index contributed by atoms with van der Waals surface area (Å²) in [5.74, 6) is 1.73. The van der Waals surface area contributed by atoms with Gasteiger partial charge in [-0.05, 0) is 49.7 Å². The maximum absolute atomic E-state index is 11.7. The SMILES string of the molecule is CC1CCC(Cn2c(COC3CCCCC3)nc3nc(-c4n[nH]c(=O)o4)nc(-c4cccc(Cl)c4)c32)CC1. The number of rotatable bonds is 7. The van der Waals surface area contributed by atoms with Crippen molar-refractivity contribution in [1.29, 1.82) is 0 Å². The van der Waals surface area contributed by atoms with Gasteiger partial charge in [0.15, 0.2) is 5.65 Å². The molecule has 0 unspecified atom stereocenters. The van der Waals surface area contributed by atoms with Gasteiger partial charge in [-0.1, -0.05) is 62.8 Å². The molecule has 1 N–H and O–H groups in total. The molecule has 3 heterocycles. The van der Waals surface area contributed by atoms with Gasteiger partial charge in [0.2, 0.25) is 5.82 Å². The van der Waals surface area contributed by atoms with Crippen LogP contribution in [0.4, 0.5) is 0 Å². The molecule has 0 radical (unpaired) electrons. The molecule has 10 heteroatoms. The Balaban J connectivity index is 1.48. The third-order valence-electron chi connectivity index (χ3n) is 7.99. The van der Waals surface area contributed by atoms with Crippen molar-refractivity contribution in [1.82, 2.24) is 29.7 Å². The van der Waals surface area contributed by atoms with Crippen LogP contribution < -0.4 is 5.76 Å². The van der Waals surface area contributed by atoms with Crippen LogP contribution in [-0.4, -0.2) is 35.8 Å². The fourth-order valence-corrected chi connectivity index (χ4v) is 6.03. The second-order valence-corrected chi connectivity index (χ2v) is 11.3. The molecular formula is C28H33ClN6O3. The van der Waals surface area contributed by atoms with Crippen LogP contribution >= 0.6 is 11.6 Å². The summed E-state index contributed by atoms with van der Waals surface area (Å²) in [5, 5.41) is 6.86. The Morgan fingerprint density at radius 1 is 1.08 bits per heavy atom. The maximum atomic E-state index is 11.7. The minimum Gasteiger partial charge on any atom is -0.384 e. The van der Waals surface area contributed by atoms with Crippen molar-refractivity contribution in [3.05, 3.63) is 45.7 Å². The minimum atomic E-state index is -0.661. The monoisotopic (exact) mass is 536 g/mol. The van der Waals surface area contributed by atoms with Crippen molar-refractivity contribution in [2.75, 3.05) is 0 Å². The predicted octanol–water partition coefficient (Wildman–Crippen LogP) is 6.17. The molecule has 200 valence electrons. The maximum Gasteiger partial charge on any atom is 0.434 e. The first-order valence-electron chi connectivity index (χ1n) is 13.7. The normalized spacial score (nSPS) is 20.8. The van der Waals surface area contributed by atoms with E-state index in [0.29, 0.717) is 28.9 Å². The fraction of sp³-hybridized carbons (Fsp3) is 0.536. The Kier molecular flexibility index (Phi) is 7.30. The number of hydrogen-bond donors (Lipinski definition) is 1. The summed E-state index contributed by atoms with van der Waals surface area (Å²) < 4.78 is 13.9.